The first-order valence-electron chi connectivity index (χ1n) is 7.38. The van der Waals surface area contributed by atoms with E-state index in [-0.39, 0.29) is 15.8 Å². The summed E-state index contributed by atoms with van der Waals surface area (Å²) in [5, 5.41) is 14.2. The molecule has 3 rings (SSSR count). The monoisotopic (exact) mass is 403 g/mol. The summed E-state index contributed by atoms with van der Waals surface area (Å²) in [5.41, 5.74) is -0.00951. The van der Waals surface area contributed by atoms with Crippen LogP contribution in [-0.2, 0) is 8.53 Å². The first-order valence-corrected chi connectivity index (χ1v) is 10.8. The molecule has 0 saturated carbocycles. The van der Waals surface area contributed by atoms with E-state index in [4.69, 9.17) is 8.19 Å². The molecule has 0 atom stereocenters. The molecule has 0 spiro atoms. The molecule has 0 fully saturated rings. The van der Waals surface area contributed by atoms with Gasteiger partial charge in [-0.15, -0.1) is 0 Å². The molecule has 0 unspecified atom stereocenters. The standard InChI is InChI=1S/C10H8.C8H10AsNO5/c1-2-6-10-8-4-3-7-9(10)5-1;1-5(11)10-7-4-6(9(13,14)15)2-3-8(7)12/h1-8H;2-4,12H,1H3,(H,10,11)(H2,13,14,15). The molecular weight excluding hydrogens is 385 g/mol. The fraction of sp³-hybridized carbons (Fsp3) is 0.0556. The van der Waals surface area contributed by atoms with Gasteiger partial charge in [-0.3, -0.25) is 0 Å². The van der Waals surface area contributed by atoms with E-state index in [0.29, 0.717) is 0 Å². The van der Waals surface area contributed by atoms with Crippen LogP contribution in [-0.4, -0.2) is 33.4 Å². The molecule has 3 aromatic rings. The normalized spacial score (nSPS) is 10.7. The van der Waals surface area contributed by atoms with Gasteiger partial charge in [0.1, 0.15) is 0 Å². The van der Waals surface area contributed by atoms with Gasteiger partial charge in [0.15, 0.2) is 0 Å². The number of hydrogen-bond acceptors (Lipinski definition) is 3. The molecule has 0 saturated heterocycles. The number of amides is 1. The minimum absolute atomic E-state index is 0.00951. The van der Waals surface area contributed by atoms with E-state index >= 15 is 0 Å². The van der Waals surface area contributed by atoms with Gasteiger partial charge in [0.25, 0.3) is 0 Å². The zero-order valence-electron chi connectivity index (χ0n) is 13.5. The second kappa shape index (κ2) is 8.03. The molecule has 7 heteroatoms. The Kier molecular flexibility index (Phi) is 6.04. The van der Waals surface area contributed by atoms with Crippen LogP contribution >= 0.6 is 0 Å². The van der Waals surface area contributed by atoms with Crippen molar-refractivity contribution in [3.63, 3.8) is 0 Å². The summed E-state index contributed by atoms with van der Waals surface area (Å²) in [6.07, 6.45) is 0. The topological polar surface area (TPSA) is 107 Å². The largest absolute Gasteiger partial charge is 0.0616 e. The van der Waals surface area contributed by atoms with Crippen LogP contribution < -0.4 is 9.67 Å². The number of carbonyl (C=O) groups excluding carboxylic acids is 1. The number of anilines is 1. The van der Waals surface area contributed by atoms with Gasteiger partial charge < -0.3 is 0 Å². The summed E-state index contributed by atoms with van der Waals surface area (Å²) in [6, 6.07) is 20.0. The molecule has 0 aliphatic rings. The maximum absolute atomic E-state index is 10.9. The Morgan fingerprint density at radius 1 is 0.920 bits per heavy atom. The Balaban J connectivity index is 0.000000194. The Bertz CT molecular complexity index is 870. The Morgan fingerprint density at radius 3 is 1.80 bits per heavy atom. The van der Waals surface area contributed by atoms with E-state index in [9.17, 15) is 13.6 Å². The third-order valence-corrected chi connectivity index (χ3v) is 5.28. The van der Waals surface area contributed by atoms with Gasteiger partial charge in [-0.05, 0) is 10.8 Å². The van der Waals surface area contributed by atoms with Gasteiger partial charge in [0, 0.05) is 0 Å². The summed E-state index contributed by atoms with van der Waals surface area (Å²) in [7, 11) is 0. The number of rotatable bonds is 2. The summed E-state index contributed by atoms with van der Waals surface area (Å²) >= 11 is -4.98. The number of phenolic OH excluding ortho intramolecular Hbond substituents is 1. The van der Waals surface area contributed by atoms with Crippen molar-refractivity contribution in [1.29, 1.82) is 0 Å². The van der Waals surface area contributed by atoms with Crippen molar-refractivity contribution >= 4 is 40.9 Å². The average Bonchev–Trinajstić information content (AvgIpc) is 2.56. The van der Waals surface area contributed by atoms with Crippen molar-refractivity contribution in [3.05, 3.63) is 66.7 Å². The van der Waals surface area contributed by atoms with E-state index in [1.807, 2.05) is 0 Å². The minimum Gasteiger partial charge on any atom is -0.0616 e. The molecule has 0 heterocycles. The molecule has 25 heavy (non-hydrogen) atoms. The Morgan fingerprint density at radius 2 is 1.40 bits per heavy atom. The van der Waals surface area contributed by atoms with Crippen LogP contribution in [0.2, 0.25) is 0 Å². The number of phenols is 1. The molecule has 0 radical (unpaired) electrons. The number of benzene rings is 3. The van der Waals surface area contributed by atoms with E-state index in [1.54, 1.807) is 0 Å². The van der Waals surface area contributed by atoms with Crippen LogP contribution in [0.1, 0.15) is 6.92 Å². The predicted octanol–water partition coefficient (Wildman–Crippen LogP) is 1.75. The van der Waals surface area contributed by atoms with E-state index < -0.39 is 20.1 Å². The first-order chi connectivity index (χ1) is 11.8. The molecule has 4 N–H and O–H groups in total. The van der Waals surface area contributed by atoms with Crippen LogP contribution in [0.25, 0.3) is 10.8 Å². The van der Waals surface area contributed by atoms with Gasteiger partial charge >= 0.3 is 88.1 Å². The van der Waals surface area contributed by atoms with Gasteiger partial charge in [-0.2, -0.15) is 0 Å². The summed E-state index contributed by atoms with van der Waals surface area (Å²) < 4.78 is 28.6. The molecule has 0 aliphatic heterocycles. The van der Waals surface area contributed by atoms with Crippen molar-refractivity contribution in [2.45, 2.75) is 6.92 Å². The van der Waals surface area contributed by atoms with Gasteiger partial charge in [-0.1, -0.05) is 48.5 Å². The van der Waals surface area contributed by atoms with Crippen molar-refractivity contribution in [3.8, 4) is 5.75 Å². The number of fused-ring (bicyclic) bond motifs is 1. The van der Waals surface area contributed by atoms with Crippen LogP contribution in [0.4, 0.5) is 5.69 Å². The summed E-state index contributed by atoms with van der Waals surface area (Å²) in [6.45, 7) is 1.23. The molecular formula is C18H18AsNO5. The smallest absolute Gasteiger partial charge is 0.0184 e. The van der Waals surface area contributed by atoms with Crippen LogP contribution in [0.3, 0.4) is 0 Å². The van der Waals surface area contributed by atoms with Gasteiger partial charge in [0.2, 0.25) is 0 Å². The summed E-state index contributed by atoms with van der Waals surface area (Å²) in [5.74, 6) is -0.668. The summed E-state index contributed by atoms with van der Waals surface area (Å²) in [4.78, 5) is 10.7. The van der Waals surface area contributed by atoms with Gasteiger partial charge in [-0.25, -0.2) is 0 Å². The average molecular weight is 403 g/mol. The van der Waals surface area contributed by atoms with Crippen molar-refractivity contribution < 1.29 is 21.8 Å². The second-order valence-electron chi connectivity index (χ2n) is 5.27. The fourth-order valence-electron chi connectivity index (χ4n) is 2.13. The molecule has 0 aromatic heterocycles. The van der Waals surface area contributed by atoms with Crippen LogP contribution in [0.5, 0.6) is 5.75 Å². The van der Waals surface area contributed by atoms with E-state index in [0.717, 1.165) is 18.2 Å². The molecule has 1 amide bonds. The second-order valence-corrected chi connectivity index (χ2v) is 8.64. The van der Waals surface area contributed by atoms with Gasteiger partial charge in [0.05, 0.1) is 0 Å². The number of hydrogen-bond donors (Lipinski definition) is 4. The molecule has 6 nitrogen and oxygen atoms in total. The maximum atomic E-state index is 10.9. The van der Waals surface area contributed by atoms with E-state index in [2.05, 4.69) is 53.8 Å². The molecule has 130 valence electrons. The zero-order valence-corrected chi connectivity index (χ0v) is 15.3. The Labute approximate surface area is 147 Å². The number of aromatic hydroxyl groups is 1. The fourth-order valence-corrected chi connectivity index (χ4v) is 3.32. The SMILES string of the molecule is CC(=O)Nc1cc([As](=O)(O)O)ccc1O.c1ccc2ccccc2c1. The molecule has 0 bridgehead atoms. The molecule has 0 aliphatic carbocycles. The van der Waals surface area contributed by atoms with Crippen molar-refractivity contribution in [2.24, 2.45) is 0 Å². The van der Waals surface area contributed by atoms with Crippen LogP contribution in [0, 0.1) is 0 Å². The third-order valence-electron chi connectivity index (χ3n) is 3.29. The van der Waals surface area contributed by atoms with Crippen molar-refractivity contribution in [2.75, 3.05) is 5.32 Å². The predicted molar refractivity (Wildman–Crippen MR) is 96.9 cm³/mol. The Hall–Kier alpha value is -2.53. The maximum Gasteiger partial charge on any atom is -0.0184 e. The van der Waals surface area contributed by atoms with Crippen molar-refractivity contribution in [1.82, 2.24) is 0 Å². The number of nitrogens with one attached hydrogen (secondary N) is 1. The van der Waals surface area contributed by atoms with Crippen LogP contribution in [0.15, 0.2) is 66.7 Å². The minimum atomic E-state index is -4.98. The zero-order chi connectivity index (χ0) is 18.4. The van der Waals surface area contributed by atoms with E-state index in [1.165, 1.54) is 17.7 Å². The third kappa shape index (κ3) is 5.50. The molecule has 3 aromatic carbocycles. The quantitative estimate of drug-likeness (QED) is 0.385. The number of carbonyl (C=O) groups is 1. The first kappa shape index (κ1) is 18.8.